The maximum absolute atomic E-state index is 5.74. The van der Waals surface area contributed by atoms with Gasteiger partial charge in [-0.3, -0.25) is 0 Å². The second-order valence-electron chi connectivity index (χ2n) is 4.41. The van der Waals surface area contributed by atoms with E-state index in [0.717, 1.165) is 40.7 Å². The Balaban J connectivity index is 2.07. The number of hydrogen-bond acceptors (Lipinski definition) is 5. The molecule has 0 amide bonds. The smallest absolute Gasteiger partial charge is 0.180 e. The zero-order valence-corrected chi connectivity index (χ0v) is 11.3. The van der Waals surface area contributed by atoms with Gasteiger partial charge in [-0.2, -0.15) is 0 Å². The molecule has 0 saturated heterocycles. The van der Waals surface area contributed by atoms with E-state index in [1.807, 2.05) is 13.0 Å². The second kappa shape index (κ2) is 4.17. The van der Waals surface area contributed by atoms with Crippen LogP contribution in [0.3, 0.4) is 0 Å². The summed E-state index contributed by atoms with van der Waals surface area (Å²) in [6, 6.07) is 6.21. The van der Waals surface area contributed by atoms with Crippen molar-refractivity contribution in [2.24, 2.45) is 0 Å². The van der Waals surface area contributed by atoms with Gasteiger partial charge in [0.25, 0.3) is 0 Å². The van der Waals surface area contributed by atoms with Crippen LogP contribution in [0.2, 0.25) is 0 Å². The van der Waals surface area contributed by atoms with Crippen LogP contribution < -0.4 is 15.4 Å². The number of rotatable bonds is 1. The summed E-state index contributed by atoms with van der Waals surface area (Å²) < 4.78 is 5.71. The fourth-order valence-electron chi connectivity index (χ4n) is 2.19. The highest BCUT2D eigenvalue weighted by Crippen LogP contribution is 2.36. The van der Waals surface area contributed by atoms with Crippen molar-refractivity contribution in [1.29, 1.82) is 0 Å². The number of nitrogen functional groups attached to an aromatic ring is 1. The molecule has 0 atom stereocenters. The topological polar surface area (TPSA) is 51.4 Å². The molecule has 0 radical (unpaired) electrons. The predicted molar refractivity (Wildman–Crippen MR) is 75.5 cm³/mol. The fourth-order valence-corrected chi connectivity index (χ4v) is 2.90. The van der Waals surface area contributed by atoms with Gasteiger partial charge in [-0.05, 0) is 19.1 Å². The van der Waals surface area contributed by atoms with Gasteiger partial charge in [-0.1, -0.05) is 6.07 Å². The number of fused-ring (bicyclic) bond motifs is 1. The van der Waals surface area contributed by atoms with E-state index in [4.69, 9.17) is 10.5 Å². The molecule has 0 saturated carbocycles. The molecule has 1 aliphatic heterocycles. The van der Waals surface area contributed by atoms with Crippen molar-refractivity contribution in [2.75, 3.05) is 30.8 Å². The summed E-state index contributed by atoms with van der Waals surface area (Å²) in [4.78, 5) is 7.71. The van der Waals surface area contributed by atoms with E-state index in [1.54, 1.807) is 0 Å². The van der Waals surface area contributed by atoms with Gasteiger partial charge in [-0.15, -0.1) is 11.3 Å². The van der Waals surface area contributed by atoms with E-state index in [2.05, 4.69) is 29.1 Å². The van der Waals surface area contributed by atoms with E-state index in [1.165, 1.54) is 11.3 Å². The molecule has 18 heavy (non-hydrogen) atoms. The first-order valence-electron chi connectivity index (χ1n) is 5.86. The first-order valence-corrected chi connectivity index (χ1v) is 6.68. The number of anilines is 2. The number of thiazole rings is 1. The van der Waals surface area contributed by atoms with Crippen molar-refractivity contribution in [3.05, 3.63) is 23.1 Å². The molecule has 0 bridgehead atoms. The molecule has 2 aromatic rings. The average molecular weight is 261 g/mol. The summed E-state index contributed by atoms with van der Waals surface area (Å²) in [5, 5.41) is 0.609. The first-order chi connectivity index (χ1) is 8.65. The van der Waals surface area contributed by atoms with Gasteiger partial charge in [0.2, 0.25) is 0 Å². The van der Waals surface area contributed by atoms with Crippen molar-refractivity contribution in [2.45, 2.75) is 6.92 Å². The number of hydrogen-bond donors (Lipinski definition) is 1. The highest BCUT2D eigenvalue weighted by Gasteiger charge is 2.17. The van der Waals surface area contributed by atoms with E-state index in [0.29, 0.717) is 5.13 Å². The quantitative estimate of drug-likeness (QED) is 0.857. The number of ether oxygens (including phenoxy) is 1. The molecule has 0 aliphatic carbocycles. The van der Waals surface area contributed by atoms with Crippen molar-refractivity contribution < 1.29 is 4.74 Å². The third kappa shape index (κ3) is 1.80. The van der Waals surface area contributed by atoms with Gasteiger partial charge in [-0.25, -0.2) is 4.98 Å². The molecule has 0 spiro atoms. The van der Waals surface area contributed by atoms with Crippen LogP contribution in [0.25, 0.3) is 11.3 Å². The minimum atomic E-state index is 0.609. The number of nitrogens with two attached hydrogens (primary N) is 1. The van der Waals surface area contributed by atoms with Crippen LogP contribution in [-0.2, 0) is 0 Å². The minimum absolute atomic E-state index is 0.609. The predicted octanol–water partition coefficient (Wildman–Crippen LogP) is 2.53. The van der Waals surface area contributed by atoms with Crippen LogP contribution in [0, 0.1) is 6.92 Å². The Bertz CT molecular complexity index is 594. The third-order valence-corrected chi connectivity index (χ3v) is 3.94. The van der Waals surface area contributed by atoms with Gasteiger partial charge in [0, 0.05) is 17.5 Å². The SMILES string of the molecule is Cc1sc(N)nc1-c1ccc2c(c1)OCCN2C. The molecule has 5 heteroatoms. The van der Waals surface area contributed by atoms with E-state index in [9.17, 15) is 0 Å². The van der Waals surface area contributed by atoms with Crippen LogP contribution in [0.15, 0.2) is 18.2 Å². The molecule has 2 heterocycles. The van der Waals surface area contributed by atoms with E-state index >= 15 is 0 Å². The Labute approximate surface area is 110 Å². The van der Waals surface area contributed by atoms with Crippen LogP contribution >= 0.6 is 11.3 Å². The normalized spacial score (nSPS) is 14.2. The maximum Gasteiger partial charge on any atom is 0.180 e. The van der Waals surface area contributed by atoms with Crippen molar-refractivity contribution >= 4 is 22.2 Å². The molecule has 1 aliphatic rings. The zero-order chi connectivity index (χ0) is 12.7. The lowest BCUT2D eigenvalue weighted by molar-refractivity contribution is 0.311. The monoisotopic (exact) mass is 261 g/mol. The van der Waals surface area contributed by atoms with Gasteiger partial charge < -0.3 is 15.4 Å². The molecular formula is C13H15N3OS. The Kier molecular flexibility index (Phi) is 2.63. The lowest BCUT2D eigenvalue weighted by atomic mass is 10.1. The standard InChI is InChI=1S/C13H15N3OS/c1-8-12(15-13(14)18-8)9-3-4-10-11(7-9)17-6-5-16(10)2/h3-4,7H,5-6H2,1-2H3,(H2,14,15). The maximum atomic E-state index is 5.74. The van der Waals surface area contributed by atoms with Crippen LogP contribution in [-0.4, -0.2) is 25.2 Å². The Morgan fingerprint density at radius 2 is 2.28 bits per heavy atom. The Morgan fingerprint density at radius 3 is 3.00 bits per heavy atom. The van der Waals surface area contributed by atoms with Gasteiger partial charge in [0.1, 0.15) is 12.4 Å². The highest BCUT2D eigenvalue weighted by molar-refractivity contribution is 7.15. The third-order valence-electron chi connectivity index (χ3n) is 3.14. The largest absolute Gasteiger partial charge is 0.490 e. The molecule has 1 aromatic heterocycles. The van der Waals surface area contributed by atoms with E-state index in [-0.39, 0.29) is 0 Å². The fraction of sp³-hybridized carbons (Fsp3) is 0.308. The summed E-state index contributed by atoms with van der Waals surface area (Å²) in [7, 11) is 2.08. The number of nitrogens with zero attached hydrogens (tertiary/aromatic N) is 2. The lowest BCUT2D eigenvalue weighted by Crippen LogP contribution is -2.28. The highest BCUT2D eigenvalue weighted by atomic mass is 32.1. The van der Waals surface area contributed by atoms with Gasteiger partial charge >= 0.3 is 0 Å². The van der Waals surface area contributed by atoms with Crippen molar-refractivity contribution in [3.63, 3.8) is 0 Å². The zero-order valence-electron chi connectivity index (χ0n) is 10.4. The Morgan fingerprint density at radius 1 is 1.44 bits per heavy atom. The lowest BCUT2D eigenvalue weighted by Gasteiger charge is -2.27. The second-order valence-corrected chi connectivity index (χ2v) is 5.64. The van der Waals surface area contributed by atoms with Gasteiger partial charge in [0.15, 0.2) is 5.13 Å². The van der Waals surface area contributed by atoms with Crippen molar-refractivity contribution in [1.82, 2.24) is 4.98 Å². The summed E-state index contributed by atoms with van der Waals surface area (Å²) in [5.41, 5.74) is 8.90. The van der Waals surface area contributed by atoms with Crippen LogP contribution in [0.4, 0.5) is 10.8 Å². The first kappa shape index (κ1) is 11.3. The summed E-state index contributed by atoms with van der Waals surface area (Å²) in [6.45, 7) is 3.69. The average Bonchev–Trinajstić information content (AvgIpc) is 2.68. The number of aryl methyl sites for hydroxylation is 1. The molecule has 1 aromatic carbocycles. The molecule has 0 unspecified atom stereocenters. The molecule has 3 rings (SSSR count). The molecule has 4 nitrogen and oxygen atoms in total. The number of aromatic nitrogens is 1. The Hall–Kier alpha value is -1.75. The number of likely N-dealkylation sites (N-methyl/N-ethyl adjacent to an activating group) is 1. The minimum Gasteiger partial charge on any atom is -0.490 e. The molecular weight excluding hydrogens is 246 g/mol. The van der Waals surface area contributed by atoms with Crippen LogP contribution in [0.5, 0.6) is 5.75 Å². The van der Waals surface area contributed by atoms with Gasteiger partial charge in [0.05, 0.1) is 17.9 Å². The van der Waals surface area contributed by atoms with Crippen LogP contribution in [0.1, 0.15) is 4.88 Å². The summed E-state index contributed by atoms with van der Waals surface area (Å²) in [6.07, 6.45) is 0. The molecule has 94 valence electrons. The summed E-state index contributed by atoms with van der Waals surface area (Å²) in [5.74, 6) is 0.923. The van der Waals surface area contributed by atoms with Crippen molar-refractivity contribution in [3.8, 4) is 17.0 Å². The summed E-state index contributed by atoms with van der Waals surface area (Å²) >= 11 is 1.52. The molecule has 0 fully saturated rings. The number of benzene rings is 1. The molecule has 2 N–H and O–H groups in total. The van der Waals surface area contributed by atoms with E-state index < -0.39 is 0 Å².